The molecule has 0 amide bonds. The first-order valence-electron chi connectivity index (χ1n) is 7.02. The van der Waals surface area contributed by atoms with E-state index in [9.17, 15) is 4.79 Å². The molecule has 0 atom stereocenters. The normalized spacial score (nSPS) is 17.1. The molecule has 0 fully saturated rings. The summed E-state index contributed by atoms with van der Waals surface area (Å²) in [6, 6.07) is 3.65. The van der Waals surface area contributed by atoms with Crippen LogP contribution in [0.3, 0.4) is 0 Å². The van der Waals surface area contributed by atoms with Crippen molar-refractivity contribution in [1.82, 2.24) is 4.90 Å². The highest BCUT2D eigenvalue weighted by Gasteiger charge is 2.33. The molecule has 0 bridgehead atoms. The van der Waals surface area contributed by atoms with Crippen LogP contribution in [-0.2, 0) is 11.3 Å². The number of Topliss-reactive ketones (excluding diaryl/α,β-unsaturated/α-hetero) is 1. The zero-order valence-corrected chi connectivity index (χ0v) is 12.6. The molecule has 2 aliphatic rings. The second-order valence-electron chi connectivity index (χ2n) is 5.50. The quantitative estimate of drug-likeness (QED) is 0.799. The number of benzene rings is 1. The van der Waals surface area contributed by atoms with E-state index in [2.05, 4.69) is 4.90 Å². The van der Waals surface area contributed by atoms with Crippen LogP contribution in [0.25, 0.3) is 0 Å². The van der Waals surface area contributed by atoms with Gasteiger partial charge in [0.2, 0.25) is 5.78 Å². The summed E-state index contributed by atoms with van der Waals surface area (Å²) in [5, 5.41) is 0. The second kappa shape index (κ2) is 5.50. The molecule has 1 aromatic carbocycles. The highest BCUT2D eigenvalue weighted by Crippen LogP contribution is 2.42. The molecule has 112 valence electrons. The predicted octanol–water partition coefficient (Wildman–Crippen LogP) is 2.35. The molecule has 0 N–H and O–H groups in total. The van der Waals surface area contributed by atoms with E-state index in [0.717, 1.165) is 23.4 Å². The Kier molecular flexibility index (Phi) is 3.69. The minimum absolute atomic E-state index is 0.0400. The summed E-state index contributed by atoms with van der Waals surface area (Å²) in [4.78, 5) is 14.4. The number of allylic oxidation sites excluding steroid dienone is 2. The van der Waals surface area contributed by atoms with Gasteiger partial charge in [0.15, 0.2) is 5.76 Å². The van der Waals surface area contributed by atoms with Gasteiger partial charge in [-0.1, -0.05) is 0 Å². The van der Waals surface area contributed by atoms with Gasteiger partial charge in [-0.05, 0) is 31.6 Å². The number of hydrogen-bond acceptors (Lipinski definition) is 5. The summed E-state index contributed by atoms with van der Waals surface area (Å²) in [6.45, 7) is 6.42. The van der Waals surface area contributed by atoms with Gasteiger partial charge in [0.1, 0.15) is 18.2 Å². The summed E-state index contributed by atoms with van der Waals surface area (Å²) in [7, 11) is 1.68. The van der Waals surface area contributed by atoms with E-state index in [4.69, 9.17) is 14.2 Å². The molecule has 1 aromatic rings. The van der Waals surface area contributed by atoms with Crippen molar-refractivity contribution in [3.05, 3.63) is 34.6 Å². The van der Waals surface area contributed by atoms with Crippen LogP contribution in [0.15, 0.2) is 23.5 Å². The monoisotopic (exact) mass is 289 g/mol. The third-order valence-electron chi connectivity index (χ3n) is 3.72. The van der Waals surface area contributed by atoms with Crippen LogP contribution in [0.5, 0.6) is 11.5 Å². The first-order valence-corrected chi connectivity index (χ1v) is 7.02. The van der Waals surface area contributed by atoms with Gasteiger partial charge in [-0.3, -0.25) is 9.69 Å². The summed E-state index contributed by atoms with van der Waals surface area (Å²) >= 11 is 0. The van der Waals surface area contributed by atoms with Gasteiger partial charge in [-0.2, -0.15) is 0 Å². The fourth-order valence-electron chi connectivity index (χ4n) is 2.58. The second-order valence-corrected chi connectivity index (χ2v) is 5.50. The number of methoxy groups -OCH3 is 1. The van der Waals surface area contributed by atoms with Crippen molar-refractivity contribution in [2.45, 2.75) is 20.4 Å². The first kappa shape index (κ1) is 14.1. The Balaban J connectivity index is 1.94. The third-order valence-corrected chi connectivity index (χ3v) is 3.72. The summed E-state index contributed by atoms with van der Waals surface area (Å²) in [5.41, 5.74) is 2.46. The molecular formula is C16H19NO4. The highest BCUT2D eigenvalue weighted by molar-refractivity contribution is 6.13. The molecule has 0 aliphatic carbocycles. The lowest BCUT2D eigenvalue weighted by Crippen LogP contribution is -2.34. The molecule has 2 heterocycles. The average molecular weight is 289 g/mol. The molecular weight excluding hydrogens is 270 g/mol. The lowest BCUT2D eigenvalue weighted by Gasteiger charge is -2.29. The van der Waals surface area contributed by atoms with Gasteiger partial charge in [0, 0.05) is 20.2 Å². The van der Waals surface area contributed by atoms with Gasteiger partial charge < -0.3 is 14.2 Å². The number of fused-ring (bicyclic) bond motifs is 3. The fourth-order valence-corrected chi connectivity index (χ4v) is 2.58. The topological polar surface area (TPSA) is 48.0 Å². The maximum Gasteiger partial charge on any atom is 0.231 e. The number of carbonyl (C=O) groups excluding carboxylic acids is 1. The van der Waals surface area contributed by atoms with Crippen molar-refractivity contribution in [3.8, 4) is 11.5 Å². The van der Waals surface area contributed by atoms with Gasteiger partial charge >= 0.3 is 0 Å². The van der Waals surface area contributed by atoms with Gasteiger partial charge in [0.05, 0.1) is 17.7 Å². The van der Waals surface area contributed by atoms with Crippen LogP contribution in [0, 0.1) is 0 Å². The van der Waals surface area contributed by atoms with Crippen LogP contribution in [0.4, 0.5) is 0 Å². The first-order chi connectivity index (χ1) is 10.1. The smallest absolute Gasteiger partial charge is 0.231 e. The van der Waals surface area contributed by atoms with Crippen LogP contribution in [0.1, 0.15) is 29.8 Å². The Morgan fingerprint density at radius 2 is 2.19 bits per heavy atom. The summed E-state index contributed by atoms with van der Waals surface area (Å²) in [5.74, 6) is 1.84. The van der Waals surface area contributed by atoms with Crippen molar-refractivity contribution < 1.29 is 19.0 Å². The molecule has 5 nitrogen and oxygen atoms in total. The molecule has 5 heteroatoms. The highest BCUT2D eigenvalue weighted by atomic mass is 16.5. The van der Waals surface area contributed by atoms with E-state index in [1.807, 2.05) is 19.9 Å². The van der Waals surface area contributed by atoms with Crippen molar-refractivity contribution in [2.24, 2.45) is 0 Å². The van der Waals surface area contributed by atoms with Crippen LogP contribution >= 0.6 is 0 Å². The lowest BCUT2D eigenvalue weighted by atomic mass is 10.0. The predicted molar refractivity (Wildman–Crippen MR) is 77.6 cm³/mol. The van der Waals surface area contributed by atoms with E-state index in [0.29, 0.717) is 37.0 Å². The van der Waals surface area contributed by atoms with E-state index in [1.165, 1.54) is 0 Å². The van der Waals surface area contributed by atoms with Gasteiger partial charge in [-0.15, -0.1) is 0 Å². The zero-order valence-electron chi connectivity index (χ0n) is 12.6. The fraction of sp³-hybridized carbons (Fsp3) is 0.438. The number of ether oxygens (including phenoxy) is 3. The molecule has 2 aliphatic heterocycles. The van der Waals surface area contributed by atoms with E-state index in [-0.39, 0.29) is 5.78 Å². The lowest BCUT2D eigenvalue weighted by molar-refractivity contribution is 0.0646. The Hall–Kier alpha value is -1.85. The molecule has 3 rings (SSSR count). The zero-order chi connectivity index (χ0) is 15.0. The maximum absolute atomic E-state index is 12.3. The number of hydrogen-bond donors (Lipinski definition) is 0. The molecule has 0 spiro atoms. The Morgan fingerprint density at radius 3 is 2.90 bits per heavy atom. The standard InChI is InChI=1S/C16H19NO4/c1-10(2)15-14(18)11-4-5-13-12(16(11)21-15)8-17(9-20-13)6-7-19-3/h4-5H,6-9H2,1-3H3. The van der Waals surface area contributed by atoms with Crippen LogP contribution < -0.4 is 9.47 Å². The number of rotatable bonds is 3. The van der Waals surface area contributed by atoms with Crippen LogP contribution in [0.2, 0.25) is 0 Å². The van der Waals surface area contributed by atoms with Crippen molar-refractivity contribution >= 4 is 5.78 Å². The minimum atomic E-state index is -0.0400. The Bertz CT molecular complexity index is 617. The van der Waals surface area contributed by atoms with Gasteiger partial charge in [0.25, 0.3) is 0 Å². The minimum Gasteiger partial charge on any atom is -0.478 e. The largest absolute Gasteiger partial charge is 0.478 e. The van der Waals surface area contributed by atoms with Crippen molar-refractivity contribution in [2.75, 3.05) is 27.0 Å². The molecule has 0 unspecified atom stereocenters. The Morgan fingerprint density at radius 1 is 1.38 bits per heavy atom. The SMILES string of the molecule is COCCN1COc2ccc3c(c2C1)OC(=C(C)C)C3=O. The summed E-state index contributed by atoms with van der Waals surface area (Å²) in [6.07, 6.45) is 0. The average Bonchev–Trinajstić information content (AvgIpc) is 2.83. The van der Waals surface area contributed by atoms with Gasteiger partial charge in [-0.25, -0.2) is 0 Å². The van der Waals surface area contributed by atoms with E-state index < -0.39 is 0 Å². The number of ketones is 1. The van der Waals surface area contributed by atoms with Crippen molar-refractivity contribution in [3.63, 3.8) is 0 Å². The molecule has 0 radical (unpaired) electrons. The van der Waals surface area contributed by atoms with Crippen molar-refractivity contribution in [1.29, 1.82) is 0 Å². The van der Waals surface area contributed by atoms with E-state index in [1.54, 1.807) is 13.2 Å². The molecule has 0 saturated carbocycles. The number of carbonyl (C=O) groups is 1. The molecule has 21 heavy (non-hydrogen) atoms. The number of nitrogens with zero attached hydrogens (tertiary/aromatic N) is 1. The van der Waals surface area contributed by atoms with Crippen LogP contribution in [-0.4, -0.2) is 37.7 Å². The molecule has 0 aromatic heterocycles. The molecule has 0 saturated heterocycles. The van der Waals surface area contributed by atoms with E-state index >= 15 is 0 Å². The summed E-state index contributed by atoms with van der Waals surface area (Å²) < 4.78 is 16.7. The third kappa shape index (κ3) is 2.43. The maximum atomic E-state index is 12.3. The Labute approximate surface area is 124 Å².